The van der Waals surface area contributed by atoms with Crippen molar-refractivity contribution in [1.82, 2.24) is 0 Å². The Kier molecular flexibility index (Phi) is 9.65. The lowest BCUT2D eigenvalue weighted by molar-refractivity contribution is -0.424. The molecule has 0 amide bonds. The van der Waals surface area contributed by atoms with E-state index in [0.29, 0.717) is 0 Å². The molecule has 0 radical (unpaired) electrons. The molecule has 0 aromatic heterocycles. The first-order valence-corrected chi connectivity index (χ1v) is 13.1. The molecule has 1 heterocycles. The summed E-state index contributed by atoms with van der Waals surface area (Å²) in [5.74, 6) is 0. The van der Waals surface area contributed by atoms with Crippen LogP contribution < -0.4 is 23.0 Å². The van der Waals surface area contributed by atoms with E-state index in [9.17, 15) is 0 Å². The summed E-state index contributed by atoms with van der Waals surface area (Å²) < 4.78 is 2.34. The lowest BCUT2D eigenvalue weighted by Gasteiger charge is -2.19. The van der Waals surface area contributed by atoms with Crippen LogP contribution >= 0.6 is 0 Å². The summed E-state index contributed by atoms with van der Waals surface area (Å²) >= 11 is 0. The third-order valence-electron chi connectivity index (χ3n) is 6.77. The minimum absolute atomic E-state index is 0. The molecule has 0 unspecified atom stereocenters. The average Bonchev–Trinajstić information content (AvgIpc) is 3.29. The summed E-state index contributed by atoms with van der Waals surface area (Å²) in [5.41, 5.74) is 13.7. The quantitative estimate of drug-likeness (QED) is 0.380. The maximum Gasteiger partial charge on any atom is 0.244 e. The summed E-state index contributed by atoms with van der Waals surface area (Å²) in [6.45, 7) is 22.2. The van der Waals surface area contributed by atoms with Gasteiger partial charge in [-0.2, -0.15) is 0 Å². The molecule has 3 aromatic carbocycles. The third kappa shape index (κ3) is 8.36. The monoisotopic (exact) mass is 519 g/mol. The van der Waals surface area contributed by atoms with Crippen molar-refractivity contribution in [1.29, 1.82) is 0 Å². The fraction of sp³-hybridized carbons (Fsp3) is 0.424. The largest absolute Gasteiger partial charge is 1.00 e. The summed E-state index contributed by atoms with van der Waals surface area (Å²) in [7, 11) is 0. The number of benzene rings is 3. The van der Waals surface area contributed by atoms with Crippen molar-refractivity contribution in [2.24, 2.45) is 0 Å². The Balaban J connectivity index is 0.000000339. The summed E-state index contributed by atoms with van der Waals surface area (Å²) in [5, 5.41) is 0. The van der Waals surface area contributed by atoms with E-state index in [2.05, 4.69) is 139 Å². The number of hydrogen-bond donors (Lipinski definition) is 1. The van der Waals surface area contributed by atoms with Crippen LogP contribution in [0.5, 0.6) is 0 Å². The summed E-state index contributed by atoms with van der Waals surface area (Å²) in [6.07, 6.45) is 2.23. The molecule has 37 heavy (non-hydrogen) atoms. The van der Waals surface area contributed by atoms with Gasteiger partial charge in [-0.05, 0) is 69.3 Å². The standard InChI is InChI=1S/C23H31N2.C10H15N.ClH/c1-22(2,3)18-7-11-20(12-8-18)24-15-16-25(17-24)21-13-9-19(10-14-21)23(4,5)6;1-10(2,3)8-4-6-9(11)7-5-8;/h7-14,17H,15-16H2,1-6H3;4-7H,11H2,1-3H3;1H/q+1;;/p-1. The molecule has 200 valence electrons. The molecule has 1 aliphatic heterocycles. The van der Waals surface area contributed by atoms with Crippen LogP contribution in [-0.2, 0) is 16.2 Å². The number of nitrogen functional groups attached to an aromatic ring is 1. The van der Waals surface area contributed by atoms with Gasteiger partial charge in [-0.3, -0.25) is 0 Å². The van der Waals surface area contributed by atoms with Gasteiger partial charge in [0, 0.05) is 5.69 Å². The van der Waals surface area contributed by atoms with E-state index < -0.39 is 0 Å². The molecule has 3 aromatic rings. The Hall–Kier alpha value is -2.78. The van der Waals surface area contributed by atoms with Crippen molar-refractivity contribution < 1.29 is 17.0 Å². The molecular weight excluding hydrogens is 474 g/mol. The zero-order valence-electron chi connectivity index (χ0n) is 24.3. The van der Waals surface area contributed by atoms with E-state index in [-0.39, 0.29) is 28.7 Å². The van der Waals surface area contributed by atoms with Gasteiger partial charge in [0.25, 0.3) is 0 Å². The highest BCUT2D eigenvalue weighted by Crippen LogP contribution is 2.27. The number of nitrogens with two attached hydrogens (primary N) is 1. The van der Waals surface area contributed by atoms with E-state index in [1.807, 2.05) is 12.1 Å². The van der Waals surface area contributed by atoms with E-state index in [1.165, 1.54) is 28.1 Å². The Bertz CT molecular complexity index is 1160. The zero-order valence-corrected chi connectivity index (χ0v) is 25.0. The van der Waals surface area contributed by atoms with Crippen LogP contribution in [0.1, 0.15) is 79.0 Å². The molecular formula is C33H46ClN3. The van der Waals surface area contributed by atoms with Gasteiger partial charge in [0.05, 0.1) is 0 Å². The molecule has 1 aliphatic rings. The highest BCUT2D eigenvalue weighted by atomic mass is 35.5. The topological polar surface area (TPSA) is 32.3 Å². The van der Waals surface area contributed by atoms with Gasteiger partial charge in [0.2, 0.25) is 6.34 Å². The maximum atomic E-state index is 5.57. The normalized spacial score (nSPS) is 13.9. The molecule has 0 bridgehead atoms. The lowest BCUT2D eigenvalue weighted by atomic mass is 9.87. The Morgan fingerprint density at radius 2 is 0.973 bits per heavy atom. The molecule has 2 N–H and O–H groups in total. The highest BCUT2D eigenvalue weighted by Gasteiger charge is 2.24. The summed E-state index contributed by atoms with van der Waals surface area (Å²) in [6, 6.07) is 26.0. The predicted octanol–water partition coefficient (Wildman–Crippen LogP) is 5.04. The number of hydrogen-bond acceptors (Lipinski definition) is 2. The van der Waals surface area contributed by atoms with Crippen molar-refractivity contribution in [3.8, 4) is 0 Å². The smallest absolute Gasteiger partial charge is 0.244 e. The number of halogens is 1. The molecule has 4 rings (SSSR count). The minimum atomic E-state index is 0. The first kappa shape index (κ1) is 30.4. The van der Waals surface area contributed by atoms with Crippen LogP contribution in [0.15, 0.2) is 72.8 Å². The zero-order chi connectivity index (χ0) is 26.7. The second-order valence-corrected chi connectivity index (χ2v) is 13.0. The molecule has 0 atom stereocenters. The Labute approximate surface area is 231 Å². The second kappa shape index (κ2) is 11.7. The van der Waals surface area contributed by atoms with Crippen LogP contribution in [0.2, 0.25) is 0 Å². The molecule has 0 fully saturated rings. The summed E-state index contributed by atoms with van der Waals surface area (Å²) in [4.78, 5) is 2.34. The maximum absolute atomic E-state index is 5.57. The molecule has 3 nitrogen and oxygen atoms in total. The van der Waals surface area contributed by atoms with Gasteiger partial charge in [-0.25, -0.2) is 9.48 Å². The lowest BCUT2D eigenvalue weighted by Crippen LogP contribution is -3.00. The van der Waals surface area contributed by atoms with Crippen molar-refractivity contribution in [3.63, 3.8) is 0 Å². The highest BCUT2D eigenvalue weighted by molar-refractivity contribution is 5.78. The third-order valence-corrected chi connectivity index (χ3v) is 6.77. The van der Waals surface area contributed by atoms with Crippen LogP contribution in [0.4, 0.5) is 17.1 Å². The number of rotatable bonds is 2. The average molecular weight is 520 g/mol. The van der Waals surface area contributed by atoms with Crippen LogP contribution in [-0.4, -0.2) is 24.0 Å². The second-order valence-electron chi connectivity index (χ2n) is 13.0. The molecule has 0 aliphatic carbocycles. The van der Waals surface area contributed by atoms with E-state index >= 15 is 0 Å². The van der Waals surface area contributed by atoms with E-state index in [4.69, 9.17) is 5.73 Å². The number of nitrogens with zero attached hydrogens (tertiary/aromatic N) is 2. The fourth-order valence-electron chi connectivity index (χ4n) is 4.18. The van der Waals surface area contributed by atoms with E-state index in [0.717, 1.165) is 18.8 Å². The van der Waals surface area contributed by atoms with Gasteiger partial charge in [0.1, 0.15) is 24.5 Å². The van der Waals surface area contributed by atoms with Crippen LogP contribution in [0.3, 0.4) is 0 Å². The van der Waals surface area contributed by atoms with Crippen LogP contribution in [0, 0.1) is 0 Å². The SMILES string of the molecule is CC(C)(C)c1ccc(N)cc1.CC(C)(C)c1ccc(N2C=[N+](c3ccc(C(C)(C)C)cc3)CC2)cc1.[Cl-]. The molecule has 0 spiro atoms. The fourth-order valence-corrected chi connectivity index (χ4v) is 4.18. The Morgan fingerprint density at radius 1 is 0.595 bits per heavy atom. The van der Waals surface area contributed by atoms with Crippen molar-refractivity contribution >= 4 is 23.4 Å². The van der Waals surface area contributed by atoms with E-state index in [1.54, 1.807) is 0 Å². The predicted molar refractivity (Wildman–Crippen MR) is 158 cm³/mol. The van der Waals surface area contributed by atoms with Gasteiger partial charge in [-0.15, -0.1) is 0 Å². The minimum Gasteiger partial charge on any atom is -1.00 e. The van der Waals surface area contributed by atoms with Gasteiger partial charge < -0.3 is 18.1 Å². The molecule has 0 saturated carbocycles. The Morgan fingerprint density at radius 3 is 1.38 bits per heavy atom. The molecule has 4 heteroatoms. The first-order valence-electron chi connectivity index (χ1n) is 13.1. The van der Waals surface area contributed by atoms with Crippen molar-refractivity contribution in [2.45, 2.75) is 78.6 Å². The van der Waals surface area contributed by atoms with Crippen molar-refractivity contribution in [3.05, 3.63) is 89.5 Å². The number of anilines is 2. The van der Waals surface area contributed by atoms with Gasteiger partial charge in [-0.1, -0.05) is 98.7 Å². The van der Waals surface area contributed by atoms with Gasteiger partial charge in [0.15, 0.2) is 0 Å². The molecule has 0 saturated heterocycles. The van der Waals surface area contributed by atoms with Crippen molar-refractivity contribution in [2.75, 3.05) is 23.7 Å². The van der Waals surface area contributed by atoms with Gasteiger partial charge >= 0.3 is 0 Å². The van der Waals surface area contributed by atoms with Crippen LogP contribution in [0.25, 0.3) is 0 Å². The first-order chi connectivity index (χ1) is 16.6.